The summed E-state index contributed by atoms with van der Waals surface area (Å²) >= 11 is 0. The predicted molar refractivity (Wildman–Crippen MR) is 162 cm³/mol. The number of aliphatic hydroxyl groups is 2. The Bertz CT molecular complexity index is 1260. The van der Waals surface area contributed by atoms with Gasteiger partial charge in [0.05, 0.1) is 25.4 Å². The van der Waals surface area contributed by atoms with E-state index in [-0.39, 0.29) is 25.5 Å². The molecule has 2 aliphatic rings. The van der Waals surface area contributed by atoms with E-state index in [0.29, 0.717) is 58.1 Å². The van der Waals surface area contributed by atoms with E-state index in [0.717, 1.165) is 25.7 Å². The number of halogens is 1. The molecule has 0 unspecified atom stereocenters. The summed E-state index contributed by atoms with van der Waals surface area (Å²) < 4.78 is 101. The fraction of sp³-hybridized carbons (Fsp3) is 0.625. The van der Waals surface area contributed by atoms with E-state index in [1.807, 2.05) is 0 Å². The lowest BCUT2D eigenvalue weighted by atomic mass is 9.71. The molecule has 2 aromatic carbocycles. The van der Waals surface area contributed by atoms with Crippen LogP contribution in [-0.2, 0) is 11.2 Å². The van der Waals surface area contributed by atoms with Gasteiger partial charge in [-0.1, -0.05) is 49.9 Å². The van der Waals surface area contributed by atoms with Crippen LogP contribution in [0.4, 0.5) is 0 Å². The van der Waals surface area contributed by atoms with Crippen LogP contribution < -0.4 is 9.47 Å². The molecule has 2 N–H and O–H groups in total. The Labute approximate surface area is 259 Å². The normalized spacial score (nSPS) is 32.7. The minimum absolute atomic E-state index is 0. The Morgan fingerprint density at radius 2 is 1.15 bits per heavy atom. The minimum Gasteiger partial charge on any atom is -0.497 e. The number of hydrogen-bond acceptors (Lipinski definition) is 6. The van der Waals surface area contributed by atoms with Crippen molar-refractivity contribution in [1.82, 2.24) is 9.80 Å². The van der Waals surface area contributed by atoms with E-state index in [9.17, 15) is 10.2 Å². The summed E-state index contributed by atoms with van der Waals surface area (Å²) in [5, 5.41) is 22.7. The molecule has 0 heterocycles. The van der Waals surface area contributed by atoms with Gasteiger partial charge in [-0.15, -0.1) is 12.4 Å². The van der Waals surface area contributed by atoms with Crippen molar-refractivity contribution in [3.8, 4) is 11.5 Å². The molecule has 2 aromatic rings. The SMILES string of the molecule is Cl.[2H]C([2H])([2H])N(C[C@@H]1CCCC[C@@]1(O)c1cccc(OC)c1)C([2H])([2H])[2H].[2H]C([2H])([2H])N(C[C@@H]1CCCC[C@@]1(O)c1cccc(OC)c1)C([2H])([2H])[2H]. The maximum atomic E-state index is 11.4. The molecule has 0 radical (unpaired) electrons. The molecule has 0 aromatic heterocycles. The molecule has 6 nitrogen and oxygen atoms in total. The summed E-state index contributed by atoms with van der Waals surface area (Å²) in [4.78, 5) is 1.09. The van der Waals surface area contributed by atoms with Gasteiger partial charge in [0.25, 0.3) is 0 Å². The largest absolute Gasteiger partial charge is 0.497 e. The molecule has 0 amide bonds. The number of methoxy groups -OCH3 is 2. The molecule has 0 spiro atoms. The lowest BCUT2D eigenvalue weighted by Gasteiger charge is -2.41. The first-order valence-corrected chi connectivity index (χ1v) is 13.3. The van der Waals surface area contributed by atoms with E-state index < -0.39 is 50.9 Å². The van der Waals surface area contributed by atoms with Gasteiger partial charge in [-0.2, -0.15) is 0 Å². The Morgan fingerprint density at radius 3 is 1.51 bits per heavy atom. The maximum Gasteiger partial charge on any atom is 0.119 e. The van der Waals surface area contributed by atoms with Crippen molar-refractivity contribution >= 4 is 12.4 Å². The van der Waals surface area contributed by atoms with Gasteiger partial charge >= 0.3 is 0 Å². The highest BCUT2D eigenvalue weighted by Gasteiger charge is 2.41. The minimum atomic E-state index is -2.75. The van der Waals surface area contributed by atoms with Crippen LogP contribution in [-0.4, -0.2) is 75.2 Å². The fourth-order valence-electron chi connectivity index (χ4n) is 5.93. The van der Waals surface area contributed by atoms with Crippen molar-refractivity contribution in [3.05, 3.63) is 59.7 Å². The van der Waals surface area contributed by atoms with E-state index in [1.165, 1.54) is 14.2 Å². The number of nitrogens with zero attached hydrogens (tertiary/aromatic N) is 2. The predicted octanol–water partition coefficient (Wildman–Crippen LogP) is 5.69. The standard InChI is InChI=1S/2C16H25NO2.ClH/c2*1-17(2)12-14-7-4-5-10-16(14,18)13-8-6-9-15(11-13)19-3;/h2*6,8-9,11,14,18H,4-5,7,10,12H2,1-3H3;1H/t2*14-,16+;/m00./s1/i2*1D3,2D3;. The molecule has 7 heteroatoms. The van der Waals surface area contributed by atoms with Crippen molar-refractivity contribution < 1.29 is 36.1 Å². The molecule has 220 valence electrons. The molecule has 0 saturated heterocycles. The molecule has 2 saturated carbocycles. The summed E-state index contributed by atoms with van der Waals surface area (Å²) in [6.07, 6.45) is 5.30. The second kappa shape index (κ2) is 15.2. The van der Waals surface area contributed by atoms with Crippen LogP contribution in [0.3, 0.4) is 0 Å². The smallest absolute Gasteiger partial charge is 0.119 e. The number of benzene rings is 2. The van der Waals surface area contributed by atoms with Crippen molar-refractivity contribution in [1.29, 1.82) is 0 Å². The van der Waals surface area contributed by atoms with Gasteiger partial charge in [0.2, 0.25) is 0 Å². The van der Waals surface area contributed by atoms with E-state index in [2.05, 4.69) is 0 Å². The highest BCUT2D eigenvalue weighted by Crippen LogP contribution is 2.44. The Balaban J connectivity index is 0.000000347. The summed E-state index contributed by atoms with van der Waals surface area (Å²) in [7, 11) is 3.07. The molecule has 39 heavy (non-hydrogen) atoms. The second-order valence-corrected chi connectivity index (χ2v) is 10.4. The number of ether oxygens (including phenoxy) is 2. The van der Waals surface area contributed by atoms with Gasteiger partial charge in [-0.3, -0.25) is 0 Å². The quantitative estimate of drug-likeness (QED) is 0.422. The molecular formula is C32H51ClN2O4. The van der Waals surface area contributed by atoms with Gasteiger partial charge in [0, 0.05) is 41.4 Å². The highest BCUT2D eigenvalue weighted by atomic mass is 35.5. The lowest BCUT2D eigenvalue weighted by molar-refractivity contribution is -0.0621. The zero-order chi connectivity index (χ0) is 37.8. The average molecular weight is 575 g/mol. The fourth-order valence-corrected chi connectivity index (χ4v) is 5.93. The Kier molecular flexibility index (Phi) is 7.55. The van der Waals surface area contributed by atoms with Gasteiger partial charge in [0.15, 0.2) is 0 Å². The summed E-state index contributed by atoms with van der Waals surface area (Å²) in [5.74, 6) is 0.209. The Hall–Kier alpha value is -1.83. The van der Waals surface area contributed by atoms with Gasteiger partial charge in [-0.25, -0.2) is 0 Å². The average Bonchev–Trinajstić information content (AvgIpc) is 3.02. The van der Waals surface area contributed by atoms with E-state index >= 15 is 0 Å². The maximum absolute atomic E-state index is 11.4. The third kappa shape index (κ3) is 8.58. The topological polar surface area (TPSA) is 65.4 Å². The monoisotopic (exact) mass is 574 g/mol. The summed E-state index contributed by atoms with van der Waals surface area (Å²) in [6, 6.07) is 14.1. The zero-order valence-corrected chi connectivity index (χ0v) is 23.7. The van der Waals surface area contributed by atoms with Crippen LogP contribution in [0.25, 0.3) is 0 Å². The van der Waals surface area contributed by atoms with Crippen molar-refractivity contribution in [2.45, 2.75) is 62.6 Å². The van der Waals surface area contributed by atoms with E-state index in [1.54, 1.807) is 48.5 Å². The first kappa shape index (κ1) is 19.3. The number of hydrogen-bond donors (Lipinski definition) is 2. The van der Waals surface area contributed by atoms with Crippen molar-refractivity contribution in [2.75, 3.05) is 55.2 Å². The van der Waals surface area contributed by atoms with Crippen LogP contribution >= 0.6 is 12.4 Å². The zero-order valence-electron chi connectivity index (χ0n) is 34.9. The molecule has 0 aliphatic heterocycles. The molecule has 0 bridgehead atoms. The van der Waals surface area contributed by atoms with Crippen molar-refractivity contribution in [2.24, 2.45) is 11.8 Å². The molecule has 2 fully saturated rings. The highest BCUT2D eigenvalue weighted by molar-refractivity contribution is 5.85. The molecule has 2 aliphatic carbocycles. The lowest BCUT2D eigenvalue weighted by Crippen LogP contribution is -2.43. The third-order valence-corrected chi connectivity index (χ3v) is 8.02. The first-order chi connectivity index (χ1) is 23.0. The summed E-state index contributed by atoms with van der Waals surface area (Å²) in [6.45, 7) is -11.5. The van der Waals surface area contributed by atoms with Gasteiger partial charge in [-0.05, 0) is 89.0 Å². The van der Waals surface area contributed by atoms with Gasteiger partial charge in [0.1, 0.15) is 11.5 Å². The molecule has 4 rings (SSSR count). The van der Waals surface area contributed by atoms with Crippen molar-refractivity contribution in [3.63, 3.8) is 0 Å². The van der Waals surface area contributed by atoms with Crippen LogP contribution in [0.2, 0.25) is 0 Å². The molecular weight excluding hydrogens is 512 g/mol. The van der Waals surface area contributed by atoms with Crippen LogP contribution in [0.5, 0.6) is 11.5 Å². The second-order valence-electron chi connectivity index (χ2n) is 10.4. The van der Waals surface area contributed by atoms with Crippen LogP contribution in [0, 0.1) is 11.8 Å². The summed E-state index contributed by atoms with van der Waals surface area (Å²) in [5.41, 5.74) is -1.29. The van der Waals surface area contributed by atoms with Crippen LogP contribution in [0.1, 0.15) is 78.9 Å². The van der Waals surface area contributed by atoms with Crippen LogP contribution in [0.15, 0.2) is 48.5 Å². The van der Waals surface area contributed by atoms with Gasteiger partial charge < -0.3 is 29.5 Å². The molecule has 4 atom stereocenters. The number of rotatable bonds is 8. The van der Waals surface area contributed by atoms with E-state index in [4.69, 9.17) is 25.9 Å². The third-order valence-electron chi connectivity index (χ3n) is 8.02. The Morgan fingerprint density at radius 1 is 0.744 bits per heavy atom. The first-order valence-electron chi connectivity index (χ1n) is 19.3.